The molecule has 1 N–H and O–H groups in total. The zero-order chi connectivity index (χ0) is 17.6. The quantitative estimate of drug-likeness (QED) is 0.844. The number of likely N-dealkylation sites (N-methyl/N-ethyl adjacent to an activating group) is 1. The summed E-state index contributed by atoms with van der Waals surface area (Å²) < 4.78 is 24.3. The van der Waals surface area contributed by atoms with E-state index in [1.165, 1.54) is 19.3 Å². The van der Waals surface area contributed by atoms with Crippen molar-refractivity contribution in [3.05, 3.63) is 17.5 Å². The molecule has 7 nitrogen and oxygen atoms in total. The van der Waals surface area contributed by atoms with E-state index in [2.05, 4.69) is 15.1 Å². The summed E-state index contributed by atoms with van der Waals surface area (Å²) in [5.74, 6) is 0.531. The largest absolute Gasteiger partial charge is 0.332 e. The first-order chi connectivity index (χ1) is 12.0. The first-order valence-corrected chi connectivity index (χ1v) is 11.0. The van der Waals surface area contributed by atoms with Crippen molar-refractivity contribution in [1.82, 2.24) is 20.0 Å². The lowest BCUT2D eigenvalue weighted by Crippen LogP contribution is -2.59. The van der Waals surface area contributed by atoms with Gasteiger partial charge in [0.2, 0.25) is 0 Å². The molecule has 0 radical (unpaired) electrons. The summed E-state index contributed by atoms with van der Waals surface area (Å²) in [7, 11) is -1.14. The number of sulfone groups is 1. The van der Waals surface area contributed by atoms with Crippen molar-refractivity contribution in [3.8, 4) is 0 Å². The molecule has 1 amide bonds. The highest BCUT2D eigenvalue weighted by atomic mass is 32.2. The van der Waals surface area contributed by atoms with Crippen LogP contribution < -0.4 is 0 Å². The van der Waals surface area contributed by atoms with E-state index in [4.69, 9.17) is 0 Å². The summed E-state index contributed by atoms with van der Waals surface area (Å²) in [5.41, 5.74) is 1.58. The minimum Gasteiger partial charge on any atom is -0.332 e. The number of piperazine rings is 1. The maximum absolute atomic E-state index is 13.2. The van der Waals surface area contributed by atoms with Crippen LogP contribution in [0.3, 0.4) is 0 Å². The van der Waals surface area contributed by atoms with Gasteiger partial charge >= 0.3 is 0 Å². The van der Waals surface area contributed by atoms with Crippen LogP contribution in [0, 0.1) is 0 Å². The monoisotopic (exact) mass is 366 g/mol. The Labute approximate surface area is 148 Å². The molecule has 25 heavy (non-hydrogen) atoms. The predicted molar refractivity (Wildman–Crippen MR) is 94.3 cm³/mol. The van der Waals surface area contributed by atoms with Crippen molar-refractivity contribution in [1.29, 1.82) is 0 Å². The van der Waals surface area contributed by atoms with Crippen LogP contribution in [-0.4, -0.2) is 78.0 Å². The fourth-order valence-corrected chi connectivity index (χ4v) is 6.76. The van der Waals surface area contributed by atoms with Crippen LogP contribution in [-0.2, 0) is 9.84 Å². The molecule has 0 aromatic carbocycles. The highest BCUT2D eigenvalue weighted by Crippen LogP contribution is 2.34. The fraction of sp³-hybridized carbons (Fsp3) is 0.765. The van der Waals surface area contributed by atoms with Crippen molar-refractivity contribution < 1.29 is 13.2 Å². The highest BCUT2D eigenvalue weighted by Gasteiger charge is 2.47. The number of hydrogen-bond acceptors (Lipinski definition) is 5. The Balaban J connectivity index is 1.60. The lowest BCUT2D eigenvalue weighted by molar-refractivity contribution is 0.0408. The summed E-state index contributed by atoms with van der Waals surface area (Å²) in [6, 6.07) is -0.335. The van der Waals surface area contributed by atoms with Crippen LogP contribution in [0.1, 0.15) is 54.1 Å². The maximum Gasteiger partial charge on any atom is 0.257 e. The second-order valence-electron chi connectivity index (χ2n) is 7.72. The maximum atomic E-state index is 13.2. The van der Waals surface area contributed by atoms with Crippen molar-refractivity contribution in [3.63, 3.8) is 0 Å². The van der Waals surface area contributed by atoms with Crippen molar-refractivity contribution in [2.75, 3.05) is 31.6 Å². The second-order valence-corrected chi connectivity index (χ2v) is 9.88. The number of aromatic nitrogens is 2. The third-order valence-electron chi connectivity index (χ3n) is 6.13. The van der Waals surface area contributed by atoms with E-state index in [0.717, 1.165) is 18.5 Å². The SMILES string of the molecule is CN1CCN(C(=O)c2cn[nH]c2C2CCCCC2)[C@@H]2CS(=O)(=O)C[C@@H]21. The van der Waals surface area contributed by atoms with Crippen molar-refractivity contribution in [2.24, 2.45) is 0 Å². The highest BCUT2D eigenvalue weighted by molar-refractivity contribution is 7.91. The molecule has 2 aliphatic heterocycles. The molecule has 2 atom stereocenters. The average Bonchev–Trinajstić information content (AvgIpc) is 3.19. The first-order valence-electron chi connectivity index (χ1n) is 9.21. The Hall–Kier alpha value is -1.41. The third-order valence-corrected chi connectivity index (χ3v) is 7.83. The van der Waals surface area contributed by atoms with Gasteiger partial charge in [-0.05, 0) is 19.9 Å². The van der Waals surface area contributed by atoms with Gasteiger partial charge in [-0.2, -0.15) is 5.10 Å². The standard InChI is InChI=1S/C17H26N4O3S/c1-20-7-8-21(15-11-25(23,24)10-14(15)20)17(22)13-9-18-19-16(13)12-5-3-2-4-6-12/h9,12,14-15H,2-8,10-11H2,1H3,(H,18,19)/t14-,15+/m0/s1. The Morgan fingerprint density at radius 1 is 1.16 bits per heavy atom. The normalized spacial score (nSPS) is 30.4. The summed E-state index contributed by atoms with van der Waals surface area (Å²) in [6.07, 6.45) is 7.44. The van der Waals surface area contributed by atoms with Crippen molar-refractivity contribution in [2.45, 2.75) is 50.1 Å². The fourth-order valence-electron chi connectivity index (χ4n) is 4.70. The van der Waals surface area contributed by atoms with Gasteiger partial charge < -0.3 is 4.90 Å². The van der Waals surface area contributed by atoms with Gasteiger partial charge in [-0.25, -0.2) is 8.42 Å². The summed E-state index contributed by atoms with van der Waals surface area (Å²) >= 11 is 0. The number of fused-ring (bicyclic) bond motifs is 1. The molecule has 3 fully saturated rings. The molecule has 0 unspecified atom stereocenters. The van der Waals surface area contributed by atoms with Gasteiger partial charge in [0.05, 0.1) is 35.0 Å². The number of amides is 1. The molecule has 8 heteroatoms. The second kappa shape index (κ2) is 6.39. The Bertz CT molecular complexity index is 754. The summed E-state index contributed by atoms with van der Waals surface area (Å²) in [4.78, 5) is 17.1. The van der Waals surface area contributed by atoms with E-state index in [1.54, 1.807) is 11.1 Å². The Kier molecular flexibility index (Phi) is 4.35. The van der Waals surface area contributed by atoms with Gasteiger partial charge in [0.25, 0.3) is 5.91 Å². The van der Waals surface area contributed by atoms with Crippen LogP contribution in [0.15, 0.2) is 6.20 Å². The number of aromatic amines is 1. The molecule has 4 rings (SSSR count). The van der Waals surface area contributed by atoms with E-state index < -0.39 is 9.84 Å². The van der Waals surface area contributed by atoms with Gasteiger partial charge in [-0.15, -0.1) is 0 Å². The number of nitrogens with one attached hydrogen (secondary N) is 1. The molecule has 0 bridgehead atoms. The molecule has 3 aliphatic rings. The molecular formula is C17H26N4O3S. The van der Waals surface area contributed by atoms with Gasteiger partial charge in [0, 0.05) is 25.0 Å². The van der Waals surface area contributed by atoms with E-state index in [1.807, 2.05) is 7.05 Å². The van der Waals surface area contributed by atoms with Crippen molar-refractivity contribution >= 4 is 15.7 Å². The molecule has 1 aromatic heterocycles. The number of H-pyrrole nitrogens is 1. The van der Waals surface area contributed by atoms with Crippen LogP contribution in [0.5, 0.6) is 0 Å². The number of rotatable bonds is 2. The lowest BCUT2D eigenvalue weighted by Gasteiger charge is -2.42. The van der Waals surface area contributed by atoms with E-state index in [-0.39, 0.29) is 29.5 Å². The van der Waals surface area contributed by atoms with Gasteiger partial charge in [-0.3, -0.25) is 14.8 Å². The average molecular weight is 366 g/mol. The van der Waals surface area contributed by atoms with Gasteiger partial charge in [0.15, 0.2) is 9.84 Å². The predicted octanol–water partition coefficient (Wildman–Crippen LogP) is 1.01. The topological polar surface area (TPSA) is 86.4 Å². The Morgan fingerprint density at radius 2 is 1.88 bits per heavy atom. The van der Waals surface area contributed by atoms with Crippen LogP contribution in [0.2, 0.25) is 0 Å². The molecule has 0 spiro atoms. The van der Waals surface area contributed by atoms with Crippen LogP contribution in [0.4, 0.5) is 0 Å². The summed E-state index contributed by atoms with van der Waals surface area (Å²) in [5, 5.41) is 7.20. The Morgan fingerprint density at radius 3 is 2.64 bits per heavy atom. The van der Waals surface area contributed by atoms with Crippen LogP contribution >= 0.6 is 0 Å². The van der Waals surface area contributed by atoms with Gasteiger partial charge in [0.1, 0.15) is 0 Å². The lowest BCUT2D eigenvalue weighted by atomic mass is 9.85. The number of carbonyl (C=O) groups excluding carboxylic acids is 1. The number of hydrogen-bond donors (Lipinski definition) is 1. The number of nitrogens with zero attached hydrogens (tertiary/aromatic N) is 3. The third kappa shape index (κ3) is 3.10. The molecule has 1 aromatic rings. The van der Waals surface area contributed by atoms with E-state index >= 15 is 0 Å². The minimum atomic E-state index is -3.09. The van der Waals surface area contributed by atoms with Gasteiger partial charge in [-0.1, -0.05) is 19.3 Å². The van der Waals surface area contributed by atoms with Crippen LogP contribution in [0.25, 0.3) is 0 Å². The minimum absolute atomic E-state index is 0.0606. The zero-order valence-corrected chi connectivity index (χ0v) is 15.5. The molecule has 138 valence electrons. The smallest absolute Gasteiger partial charge is 0.257 e. The summed E-state index contributed by atoms with van der Waals surface area (Å²) in [6.45, 7) is 1.28. The first kappa shape index (κ1) is 17.0. The molecule has 3 heterocycles. The molecule has 2 saturated heterocycles. The molecular weight excluding hydrogens is 340 g/mol. The van der Waals surface area contributed by atoms with E-state index in [0.29, 0.717) is 24.6 Å². The molecule has 1 saturated carbocycles. The zero-order valence-electron chi connectivity index (χ0n) is 14.6. The molecule has 1 aliphatic carbocycles. The number of carbonyl (C=O) groups is 1. The van der Waals surface area contributed by atoms with E-state index in [9.17, 15) is 13.2 Å².